The van der Waals surface area contributed by atoms with Gasteiger partial charge in [0.05, 0.1) is 0 Å². The molecule has 0 N–H and O–H groups in total. The van der Waals surface area contributed by atoms with Gasteiger partial charge in [-0.3, -0.25) is 0 Å². The number of hydrogen-bond donors (Lipinski definition) is 0. The summed E-state index contributed by atoms with van der Waals surface area (Å²) in [6, 6.07) is 10.5. The topological polar surface area (TPSA) is 0 Å². The van der Waals surface area contributed by atoms with Gasteiger partial charge in [-0.2, -0.15) is 0 Å². The average Bonchev–Trinajstić information content (AvgIpc) is 1.90. The SMILES string of the molecule is [Pt][PH]c1ccccc1. The maximum atomic E-state index is 2.37. The molecule has 8 heavy (non-hydrogen) atoms. The van der Waals surface area contributed by atoms with Gasteiger partial charge in [0.15, 0.2) is 0 Å². The summed E-state index contributed by atoms with van der Waals surface area (Å²) < 4.78 is 0. The number of rotatable bonds is 1. The average molecular weight is 304 g/mol. The van der Waals surface area contributed by atoms with Crippen LogP contribution in [0.25, 0.3) is 0 Å². The third-order valence-electron chi connectivity index (χ3n) is 0.865. The van der Waals surface area contributed by atoms with Crippen LogP contribution in [0, 0.1) is 0 Å². The van der Waals surface area contributed by atoms with Gasteiger partial charge in [-0.1, -0.05) is 0 Å². The van der Waals surface area contributed by atoms with Crippen LogP contribution in [0.15, 0.2) is 30.3 Å². The minimum atomic E-state index is 0.902. The molecule has 0 spiro atoms. The van der Waals surface area contributed by atoms with E-state index in [1.165, 1.54) is 5.30 Å². The Morgan fingerprint density at radius 2 is 1.75 bits per heavy atom. The molecule has 1 unspecified atom stereocenters. The number of hydrogen-bond acceptors (Lipinski definition) is 0. The van der Waals surface area contributed by atoms with Gasteiger partial charge in [0.2, 0.25) is 0 Å². The van der Waals surface area contributed by atoms with Crippen LogP contribution >= 0.6 is 6.67 Å². The van der Waals surface area contributed by atoms with Crippen LogP contribution < -0.4 is 5.30 Å². The first-order valence-electron chi connectivity index (χ1n) is 2.32. The van der Waals surface area contributed by atoms with Gasteiger partial charge in [0.1, 0.15) is 0 Å². The first kappa shape index (κ1) is 6.46. The Morgan fingerprint density at radius 1 is 1.12 bits per heavy atom. The summed E-state index contributed by atoms with van der Waals surface area (Å²) in [7, 11) is 0. The van der Waals surface area contributed by atoms with Crippen LogP contribution in [-0.2, 0) is 19.3 Å². The van der Waals surface area contributed by atoms with Gasteiger partial charge in [-0.25, -0.2) is 0 Å². The molecule has 0 aliphatic heterocycles. The molecule has 0 amide bonds. The fraction of sp³-hybridized carbons (Fsp3) is 0. The van der Waals surface area contributed by atoms with E-state index in [9.17, 15) is 0 Å². The second-order valence-electron chi connectivity index (χ2n) is 1.45. The van der Waals surface area contributed by atoms with Crippen LogP contribution in [0.5, 0.6) is 0 Å². The first-order valence-corrected chi connectivity index (χ1v) is 6.54. The van der Waals surface area contributed by atoms with Crippen LogP contribution in [0.4, 0.5) is 0 Å². The van der Waals surface area contributed by atoms with Crippen molar-refractivity contribution in [2.45, 2.75) is 0 Å². The zero-order chi connectivity index (χ0) is 5.82. The van der Waals surface area contributed by atoms with E-state index in [4.69, 9.17) is 0 Å². The van der Waals surface area contributed by atoms with Crippen molar-refractivity contribution in [3.05, 3.63) is 30.3 Å². The van der Waals surface area contributed by atoms with E-state index < -0.39 is 0 Å². The molecule has 0 saturated heterocycles. The zero-order valence-electron chi connectivity index (χ0n) is 4.20. The van der Waals surface area contributed by atoms with Gasteiger partial charge >= 0.3 is 61.6 Å². The molecular formula is C6H6PPt. The standard InChI is InChI=1S/C6H6P.Pt/c7-6-4-2-1-3-5-6;/h1-5,7H;/q-1;+1. The monoisotopic (exact) mass is 304 g/mol. The summed E-state index contributed by atoms with van der Waals surface area (Å²) in [6.45, 7) is 0.902. The van der Waals surface area contributed by atoms with Crippen molar-refractivity contribution in [3.8, 4) is 0 Å². The van der Waals surface area contributed by atoms with Crippen LogP contribution in [0.3, 0.4) is 0 Å². The summed E-state index contributed by atoms with van der Waals surface area (Å²) in [5, 5.41) is 1.43. The Bertz CT molecular complexity index is 150. The maximum absolute atomic E-state index is 2.37. The van der Waals surface area contributed by atoms with Crippen molar-refractivity contribution in [2.75, 3.05) is 0 Å². The molecule has 1 aromatic rings. The molecule has 0 aromatic heterocycles. The summed E-state index contributed by atoms with van der Waals surface area (Å²) >= 11 is 2.37. The van der Waals surface area contributed by atoms with Crippen molar-refractivity contribution >= 4 is 12.0 Å². The van der Waals surface area contributed by atoms with E-state index in [0.29, 0.717) is 0 Å². The molecule has 45 valence electrons. The Balaban J connectivity index is 2.83. The molecule has 0 radical (unpaired) electrons. The quantitative estimate of drug-likeness (QED) is 0.689. The second kappa shape index (κ2) is 3.38. The zero-order valence-corrected chi connectivity index (χ0v) is 7.48. The molecule has 1 atom stereocenters. The van der Waals surface area contributed by atoms with E-state index in [1.807, 2.05) is 6.07 Å². The molecule has 0 fully saturated rings. The Morgan fingerprint density at radius 3 is 2.12 bits per heavy atom. The molecule has 0 bridgehead atoms. The van der Waals surface area contributed by atoms with E-state index in [0.717, 1.165) is 6.67 Å². The van der Waals surface area contributed by atoms with Crippen LogP contribution in [0.1, 0.15) is 0 Å². The predicted molar refractivity (Wildman–Crippen MR) is 34.4 cm³/mol. The van der Waals surface area contributed by atoms with E-state index in [-0.39, 0.29) is 0 Å². The minimum absolute atomic E-state index is 0.902. The van der Waals surface area contributed by atoms with Gasteiger partial charge in [-0.15, -0.1) is 0 Å². The number of benzene rings is 1. The molecule has 1 rings (SSSR count). The van der Waals surface area contributed by atoms with Gasteiger partial charge in [0.25, 0.3) is 0 Å². The summed E-state index contributed by atoms with van der Waals surface area (Å²) in [5.74, 6) is 0. The summed E-state index contributed by atoms with van der Waals surface area (Å²) in [5.41, 5.74) is 0. The van der Waals surface area contributed by atoms with Crippen molar-refractivity contribution in [3.63, 3.8) is 0 Å². The second-order valence-corrected chi connectivity index (χ2v) is 3.88. The molecule has 0 heterocycles. The van der Waals surface area contributed by atoms with Crippen molar-refractivity contribution < 1.29 is 19.3 Å². The normalized spacial score (nSPS) is 10.8. The van der Waals surface area contributed by atoms with E-state index in [1.54, 1.807) is 0 Å². The summed E-state index contributed by atoms with van der Waals surface area (Å²) in [4.78, 5) is 0. The first-order chi connectivity index (χ1) is 3.93. The predicted octanol–water partition coefficient (Wildman–Crippen LogP) is 1.45. The molecule has 1 aromatic carbocycles. The molecule has 2 heteroatoms. The molecule has 0 aliphatic rings. The Labute approximate surface area is 61.8 Å². The molecule has 0 saturated carbocycles. The molecular weight excluding hydrogens is 298 g/mol. The van der Waals surface area contributed by atoms with Crippen molar-refractivity contribution in [2.24, 2.45) is 0 Å². The fourth-order valence-corrected chi connectivity index (χ4v) is 1.92. The van der Waals surface area contributed by atoms with Crippen LogP contribution in [0.2, 0.25) is 0 Å². The van der Waals surface area contributed by atoms with Gasteiger partial charge < -0.3 is 0 Å². The van der Waals surface area contributed by atoms with E-state index >= 15 is 0 Å². The Hall–Kier alpha value is 0.338. The van der Waals surface area contributed by atoms with Gasteiger partial charge in [0, 0.05) is 0 Å². The fourth-order valence-electron chi connectivity index (χ4n) is 0.491. The third kappa shape index (κ3) is 1.69. The van der Waals surface area contributed by atoms with Crippen molar-refractivity contribution in [1.82, 2.24) is 0 Å². The Kier molecular flexibility index (Phi) is 2.73. The van der Waals surface area contributed by atoms with Crippen molar-refractivity contribution in [1.29, 1.82) is 0 Å². The molecule has 0 nitrogen and oxygen atoms in total. The van der Waals surface area contributed by atoms with Gasteiger partial charge in [-0.05, 0) is 0 Å². The third-order valence-corrected chi connectivity index (χ3v) is 3.35. The van der Waals surface area contributed by atoms with Crippen LogP contribution in [-0.4, -0.2) is 0 Å². The molecule has 0 aliphatic carbocycles. The summed E-state index contributed by atoms with van der Waals surface area (Å²) in [6.07, 6.45) is 0. The van der Waals surface area contributed by atoms with E-state index in [2.05, 4.69) is 43.6 Å².